The minimum absolute atomic E-state index is 0.0249. The average molecular weight is 497 g/mol. The molecule has 184 valence electrons. The Hall–Kier alpha value is -2.53. The van der Waals surface area contributed by atoms with Crippen LogP contribution in [-0.2, 0) is 0 Å². The van der Waals surface area contributed by atoms with Gasteiger partial charge in [-0.25, -0.2) is 18.6 Å². The fourth-order valence-electron chi connectivity index (χ4n) is 5.85. The highest BCUT2D eigenvalue weighted by Gasteiger charge is 2.49. The Morgan fingerprint density at radius 1 is 1.41 bits per heavy atom. The van der Waals surface area contributed by atoms with Crippen molar-refractivity contribution in [3.63, 3.8) is 0 Å². The number of fused-ring (bicyclic) bond motifs is 2. The minimum Gasteiger partial charge on any atom is -0.465 e. The summed E-state index contributed by atoms with van der Waals surface area (Å²) in [6, 6.07) is -0.514. The highest BCUT2D eigenvalue weighted by Crippen LogP contribution is 2.40. The van der Waals surface area contributed by atoms with E-state index >= 15 is 0 Å². The third-order valence-corrected chi connectivity index (χ3v) is 7.89. The van der Waals surface area contributed by atoms with Gasteiger partial charge in [-0.05, 0) is 32.7 Å². The van der Waals surface area contributed by atoms with Crippen LogP contribution in [0.15, 0.2) is 6.20 Å². The highest BCUT2D eigenvalue weighted by atomic mass is 35.5. The lowest BCUT2D eigenvalue weighted by atomic mass is 9.95. The first-order valence-electron chi connectivity index (χ1n) is 11.5. The number of hydrogen-bond donors (Lipinski definition) is 1. The number of likely N-dealkylation sites (tertiary alicyclic amines) is 1. The normalized spacial score (nSPS) is 29.1. The number of likely N-dealkylation sites (N-methyl/N-ethyl adjacent to an activating group) is 1. The number of carboxylic acid groups (broad SMARTS) is 1. The van der Waals surface area contributed by atoms with Crippen molar-refractivity contribution in [2.75, 3.05) is 38.2 Å². The zero-order valence-corrected chi connectivity index (χ0v) is 19.8. The summed E-state index contributed by atoms with van der Waals surface area (Å²) in [5.74, 6) is -0.402. The number of amides is 1. The molecule has 3 fully saturated rings. The van der Waals surface area contributed by atoms with Crippen LogP contribution in [0.25, 0.3) is 10.9 Å². The van der Waals surface area contributed by atoms with E-state index in [9.17, 15) is 18.7 Å². The second-order valence-corrected chi connectivity index (χ2v) is 9.86. The molecule has 3 aliphatic heterocycles. The number of aromatic nitrogens is 3. The second kappa shape index (κ2) is 8.60. The van der Waals surface area contributed by atoms with Gasteiger partial charge in [0.05, 0.1) is 23.0 Å². The summed E-state index contributed by atoms with van der Waals surface area (Å²) in [5.41, 5.74) is -0.427. The summed E-state index contributed by atoms with van der Waals surface area (Å²) >= 11 is 5.92. The van der Waals surface area contributed by atoms with E-state index in [-0.39, 0.29) is 35.4 Å². The van der Waals surface area contributed by atoms with Crippen molar-refractivity contribution >= 4 is 34.4 Å². The predicted molar refractivity (Wildman–Crippen MR) is 122 cm³/mol. The van der Waals surface area contributed by atoms with Crippen LogP contribution in [-0.4, -0.2) is 93.0 Å². The Kier molecular flexibility index (Phi) is 5.87. The molecule has 0 bridgehead atoms. The van der Waals surface area contributed by atoms with Gasteiger partial charge in [0.2, 0.25) is 0 Å². The van der Waals surface area contributed by atoms with Gasteiger partial charge in [-0.1, -0.05) is 11.6 Å². The predicted octanol–water partition coefficient (Wildman–Crippen LogP) is 3.35. The molecule has 2 aromatic rings. The molecule has 5 heterocycles. The first-order valence-corrected chi connectivity index (χ1v) is 11.8. The molecule has 0 radical (unpaired) electrons. The molecule has 0 spiro atoms. The van der Waals surface area contributed by atoms with E-state index in [1.54, 1.807) is 7.05 Å². The zero-order valence-electron chi connectivity index (χ0n) is 19.0. The summed E-state index contributed by atoms with van der Waals surface area (Å²) in [6.07, 6.45) is 2.30. The van der Waals surface area contributed by atoms with Crippen molar-refractivity contribution in [3.05, 3.63) is 17.2 Å². The number of nitrogens with zero attached hydrogens (tertiary/aromatic N) is 6. The zero-order chi connectivity index (χ0) is 24.2. The van der Waals surface area contributed by atoms with Gasteiger partial charge in [0.1, 0.15) is 24.1 Å². The van der Waals surface area contributed by atoms with Gasteiger partial charge in [-0.2, -0.15) is 9.97 Å². The smallest absolute Gasteiger partial charge is 0.407 e. The van der Waals surface area contributed by atoms with Crippen molar-refractivity contribution < 1.29 is 23.4 Å². The summed E-state index contributed by atoms with van der Waals surface area (Å²) in [4.78, 5) is 29.6. The number of ether oxygens (including phenoxy) is 1. The SMILES string of the molecule is C[C@@H]1[C@H](N(C)c2nc(OC[C@@]34CCCN3C[C@H](F)C4)nc3c(F)c(Cl)ncc23)CCN1C(=O)O. The maximum atomic E-state index is 14.9. The fourth-order valence-corrected chi connectivity index (χ4v) is 5.99. The second-order valence-electron chi connectivity index (χ2n) is 9.50. The van der Waals surface area contributed by atoms with Gasteiger partial charge in [0.25, 0.3) is 0 Å². The van der Waals surface area contributed by atoms with Crippen LogP contribution in [0.5, 0.6) is 6.01 Å². The van der Waals surface area contributed by atoms with Crippen LogP contribution in [0.3, 0.4) is 0 Å². The first kappa shape index (κ1) is 23.2. The average Bonchev–Trinajstić information content (AvgIpc) is 3.45. The van der Waals surface area contributed by atoms with E-state index in [1.807, 2.05) is 11.8 Å². The third kappa shape index (κ3) is 3.78. The molecule has 4 atom stereocenters. The van der Waals surface area contributed by atoms with E-state index in [1.165, 1.54) is 11.1 Å². The van der Waals surface area contributed by atoms with Crippen molar-refractivity contribution in [2.45, 2.75) is 56.4 Å². The minimum atomic E-state index is -0.984. The Bertz CT molecular complexity index is 1130. The number of carbonyl (C=O) groups is 1. The Morgan fingerprint density at radius 3 is 2.94 bits per heavy atom. The monoisotopic (exact) mass is 496 g/mol. The van der Waals surface area contributed by atoms with E-state index in [2.05, 4.69) is 19.9 Å². The maximum absolute atomic E-state index is 14.9. The van der Waals surface area contributed by atoms with Gasteiger partial charge < -0.3 is 19.6 Å². The molecule has 34 heavy (non-hydrogen) atoms. The summed E-state index contributed by atoms with van der Waals surface area (Å²) < 4.78 is 35.1. The lowest BCUT2D eigenvalue weighted by Gasteiger charge is -2.32. The molecular formula is C22H27ClF2N6O3. The molecule has 1 N–H and O–H groups in total. The molecule has 3 aliphatic rings. The third-order valence-electron chi connectivity index (χ3n) is 7.62. The van der Waals surface area contributed by atoms with Crippen LogP contribution >= 0.6 is 11.6 Å². The molecule has 0 aromatic carbocycles. The molecule has 5 rings (SSSR count). The van der Waals surface area contributed by atoms with E-state index < -0.39 is 23.6 Å². The van der Waals surface area contributed by atoms with Gasteiger partial charge in [0.15, 0.2) is 11.0 Å². The highest BCUT2D eigenvalue weighted by molar-refractivity contribution is 6.30. The van der Waals surface area contributed by atoms with Crippen molar-refractivity contribution in [1.82, 2.24) is 24.8 Å². The molecule has 0 unspecified atom stereocenters. The number of alkyl halides is 1. The van der Waals surface area contributed by atoms with Crippen molar-refractivity contribution in [1.29, 1.82) is 0 Å². The maximum Gasteiger partial charge on any atom is 0.407 e. The number of halogens is 3. The lowest BCUT2D eigenvalue weighted by molar-refractivity contribution is 0.107. The van der Waals surface area contributed by atoms with E-state index in [4.69, 9.17) is 16.3 Å². The number of anilines is 1. The van der Waals surface area contributed by atoms with Gasteiger partial charge in [0, 0.05) is 32.8 Å². The molecule has 12 heteroatoms. The number of pyridine rings is 1. The van der Waals surface area contributed by atoms with E-state index in [0.29, 0.717) is 37.1 Å². The van der Waals surface area contributed by atoms with Crippen molar-refractivity contribution in [2.24, 2.45) is 0 Å². The molecule has 3 saturated heterocycles. The Morgan fingerprint density at radius 2 is 2.21 bits per heavy atom. The molecule has 0 aliphatic carbocycles. The molecule has 2 aromatic heterocycles. The van der Waals surface area contributed by atoms with Gasteiger partial charge >= 0.3 is 12.1 Å². The fraction of sp³-hybridized carbons (Fsp3) is 0.636. The summed E-state index contributed by atoms with van der Waals surface area (Å²) in [5, 5.41) is 9.50. The number of rotatable bonds is 5. The van der Waals surface area contributed by atoms with Gasteiger partial charge in [-0.15, -0.1) is 0 Å². The quantitative estimate of drug-likeness (QED) is 0.630. The summed E-state index contributed by atoms with van der Waals surface area (Å²) in [6.45, 7) is 3.64. The van der Waals surface area contributed by atoms with Crippen LogP contribution in [0, 0.1) is 5.82 Å². The molecule has 9 nitrogen and oxygen atoms in total. The number of hydrogen-bond acceptors (Lipinski definition) is 7. The first-order chi connectivity index (χ1) is 16.2. The molecule has 0 saturated carbocycles. The van der Waals surface area contributed by atoms with Gasteiger partial charge in [-0.3, -0.25) is 4.90 Å². The molecular weight excluding hydrogens is 470 g/mol. The topological polar surface area (TPSA) is 94.9 Å². The Labute approximate surface area is 200 Å². The largest absolute Gasteiger partial charge is 0.465 e. The summed E-state index contributed by atoms with van der Waals surface area (Å²) in [7, 11) is 1.78. The standard InChI is InChI=1S/C22H27ClF2N6O3/c1-12-15(4-7-31(12)21(32)33)29(2)19-14-9-26-18(23)16(25)17(14)27-20(28-19)34-11-22-5-3-6-30(22)10-13(24)8-22/h9,12-13,15H,3-8,10-11H2,1-2H3,(H,32,33)/t12-,13-,15-,22+/m1/s1. The van der Waals surface area contributed by atoms with Crippen LogP contribution in [0.4, 0.5) is 19.4 Å². The van der Waals surface area contributed by atoms with Crippen LogP contribution in [0.1, 0.15) is 32.6 Å². The van der Waals surface area contributed by atoms with Crippen LogP contribution < -0.4 is 9.64 Å². The Balaban J connectivity index is 1.49. The van der Waals surface area contributed by atoms with Crippen molar-refractivity contribution in [3.8, 4) is 6.01 Å². The van der Waals surface area contributed by atoms with E-state index in [0.717, 1.165) is 19.4 Å². The molecule has 1 amide bonds. The lowest BCUT2D eigenvalue weighted by Crippen LogP contribution is -2.44. The van der Waals surface area contributed by atoms with Crippen LogP contribution in [0.2, 0.25) is 5.15 Å².